The first-order chi connectivity index (χ1) is 12.6. The number of carbonyl (C=O) groups is 2. The lowest BCUT2D eigenvalue weighted by molar-refractivity contribution is -0.130. The van der Waals surface area contributed by atoms with Gasteiger partial charge in [0.1, 0.15) is 5.82 Å². The molecule has 1 aliphatic carbocycles. The second kappa shape index (κ2) is 10.9. The molecule has 0 saturated heterocycles. The molecule has 26 heavy (non-hydrogen) atoms. The monoisotopic (exact) mass is 362 g/mol. The van der Waals surface area contributed by atoms with Crippen molar-refractivity contribution in [1.82, 2.24) is 10.6 Å². The van der Waals surface area contributed by atoms with Crippen molar-refractivity contribution >= 4 is 11.8 Å². The highest BCUT2D eigenvalue weighted by molar-refractivity contribution is 5.81. The Morgan fingerprint density at radius 3 is 2.12 bits per heavy atom. The van der Waals surface area contributed by atoms with E-state index in [1.807, 2.05) is 0 Å². The quantitative estimate of drug-likeness (QED) is 0.660. The first-order valence-corrected chi connectivity index (χ1v) is 9.90. The Hall–Kier alpha value is -1.91. The van der Waals surface area contributed by atoms with E-state index in [2.05, 4.69) is 17.6 Å². The summed E-state index contributed by atoms with van der Waals surface area (Å²) in [7, 11) is 0. The lowest BCUT2D eigenvalue weighted by Crippen LogP contribution is -2.38. The summed E-state index contributed by atoms with van der Waals surface area (Å²) in [5.74, 6) is -0.0475. The Balaban J connectivity index is 1.64. The third-order valence-corrected chi connectivity index (χ3v) is 5.20. The van der Waals surface area contributed by atoms with Gasteiger partial charge < -0.3 is 10.6 Å². The van der Waals surface area contributed by atoms with Gasteiger partial charge in [0.15, 0.2) is 0 Å². The molecule has 1 fully saturated rings. The molecule has 0 spiro atoms. The fourth-order valence-electron chi connectivity index (χ4n) is 3.51. The maximum absolute atomic E-state index is 13.6. The lowest BCUT2D eigenvalue weighted by Gasteiger charge is -2.27. The van der Waals surface area contributed by atoms with E-state index >= 15 is 0 Å². The molecule has 2 amide bonds. The molecule has 0 bridgehead atoms. The number of nitrogens with one attached hydrogen (secondary N) is 2. The summed E-state index contributed by atoms with van der Waals surface area (Å²) in [6, 6.07) is 6.64. The Morgan fingerprint density at radius 1 is 0.962 bits per heavy atom. The maximum atomic E-state index is 13.6. The van der Waals surface area contributed by atoms with Crippen LogP contribution in [0.1, 0.15) is 57.4 Å². The van der Waals surface area contributed by atoms with Gasteiger partial charge in [-0.1, -0.05) is 38.0 Å². The standard InChI is InChI=1S/C21H31FN2O2/c1-2-3-6-14-23-20(25)17-9-11-18(12-10-17)21(26)24-15-13-16-7-4-5-8-19(16)22/h4-5,7-8,17-18H,2-3,6,9-15H2,1H3,(H,23,25)(H,24,26). The van der Waals surface area contributed by atoms with Crippen molar-refractivity contribution in [2.75, 3.05) is 13.1 Å². The van der Waals surface area contributed by atoms with Crippen molar-refractivity contribution in [2.45, 2.75) is 58.3 Å². The molecule has 5 heteroatoms. The van der Waals surface area contributed by atoms with Crippen LogP contribution in [-0.4, -0.2) is 24.9 Å². The van der Waals surface area contributed by atoms with Crippen molar-refractivity contribution < 1.29 is 14.0 Å². The summed E-state index contributed by atoms with van der Waals surface area (Å²) in [6.45, 7) is 3.34. The minimum Gasteiger partial charge on any atom is -0.356 e. The molecule has 0 unspecified atom stereocenters. The highest BCUT2D eigenvalue weighted by Crippen LogP contribution is 2.29. The predicted octanol–water partition coefficient (Wildman–Crippen LogP) is 3.60. The van der Waals surface area contributed by atoms with Gasteiger partial charge in [0, 0.05) is 24.9 Å². The fraction of sp³-hybridized carbons (Fsp3) is 0.619. The third kappa shape index (κ3) is 6.43. The molecule has 2 N–H and O–H groups in total. The van der Waals surface area contributed by atoms with E-state index in [9.17, 15) is 14.0 Å². The summed E-state index contributed by atoms with van der Waals surface area (Å²) in [5, 5.41) is 5.93. The summed E-state index contributed by atoms with van der Waals surface area (Å²) in [5.41, 5.74) is 0.622. The lowest BCUT2D eigenvalue weighted by atomic mass is 9.81. The Labute approximate surface area is 155 Å². The zero-order valence-corrected chi connectivity index (χ0v) is 15.7. The molecule has 4 nitrogen and oxygen atoms in total. The van der Waals surface area contributed by atoms with Crippen LogP contribution in [0.25, 0.3) is 0 Å². The van der Waals surface area contributed by atoms with E-state index in [-0.39, 0.29) is 29.5 Å². The topological polar surface area (TPSA) is 58.2 Å². The molecule has 144 valence electrons. The third-order valence-electron chi connectivity index (χ3n) is 5.20. The molecule has 1 aromatic rings. The second-order valence-corrected chi connectivity index (χ2v) is 7.18. The van der Waals surface area contributed by atoms with E-state index in [4.69, 9.17) is 0 Å². The Kier molecular flexibility index (Phi) is 8.59. The highest BCUT2D eigenvalue weighted by Gasteiger charge is 2.29. The zero-order chi connectivity index (χ0) is 18.8. The number of amides is 2. The van der Waals surface area contributed by atoms with Crippen LogP contribution in [-0.2, 0) is 16.0 Å². The normalized spacial score (nSPS) is 19.8. The van der Waals surface area contributed by atoms with Crippen molar-refractivity contribution in [2.24, 2.45) is 11.8 Å². The van der Waals surface area contributed by atoms with Gasteiger partial charge in [0.25, 0.3) is 0 Å². The van der Waals surface area contributed by atoms with Gasteiger partial charge in [-0.2, -0.15) is 0 Å². The van der Waals surface area contributed by atoms with Crippen LogP contribution in [0.2, 0.25) is 0 Å². The van der Waals surface area contributed by atoms with E-state index in [1.54, 1.807) is 18.2 Å². The molecule has 1 aromatic carbocycles. The zero-order valence-electron chi connectivity index (χ0n) is 15.7. The van der Waals surface area contributed by atoms with Gasteiger partial charge in [-0.25, -0.2) is 4.39 Å². The molecule has 1 aliphatic rings. The van der Waals surface area contributed by atoms with E-state index in [0.717, 1.165) is 51.5 Å². The van der Waals surface area contributed by atoms with Gasteiger partial charge in [0.2, 0.25) is 11.8 Å². The number of hydrogen-bond acceptors (Lipinski definition) is 2. The predicted molar refractivity (Wildman–Crippen MR) is 101 cm³/mol. The number of halogens is 1. The molecule has 0 radical (unpaired) electrons. The van der Waals surface area contributed by atoms with Gasteiger partial charge in [-0.05, 0) is 50.2 Å². The number of hydrogen-bond donors (Lipinski definition) is 2. The second-order valence-electron chi connectivity index (χ2n) is 7.18. The molecular formula is C21H31FN2O2. The van der Waals surface area contributed by atoms with Crippen molar-refractivity contribution in [3.8, 4) is 0 Å². The van der Waals surface area contributed by atoms with Crippen LogP contribution in [0, 0.1) is 17.7 Å². The largest absolute Gasteiger partial charge is 0.356 e. The minimum atomic E-state index is -0.229. The number of rotatable bonds is 9. The summed E-state index contributed by atoms with van der Waals surface area (Å²) >= 11 is 0. The Morgan fingerprint density at radius 2 is 1.54 bits per heavy atom. The number of benzene rings is 1. The van der Waals surface area contributed by atoms with Gasteiger partial charge in [0.05, 0.1) is 0 Å². The minimum absolute atomic E-state index is 0.0280. The first-order valence-electron chi connectivity index (χ1n) is 9.90. The first kappa shape index (κ1) is 20.4. The van der Waals surface area contributed by atoms with E-state index in [0.29, 0.717) is 18.5 Å². The highest BCUT2D eigenvalue weighted by atomic mass is 19.1. The maximum Gasteiger partial charge on any atom is 0.223 e. The van der Waals surface area contributed by atoms with Crippen molar-refractivity contribution in [1.29, 1.82) is 0 Å². The van der Waals surface area contributed by atoms with Gasteiger partial charge in [-0.3, -0.25) is 9.59 Å². The molecule has 0 heterocycles. The molecule has 0 atom stereocenters. The average Bonchev–Trinajstić information content (AvgIpc) is 2.66. The molecular weight excluding hydrogens is 331 g/mol. The summed E-state index contributed by atoms with van der Waals surface area (Å²) in [6.07, 6.45) is 6.84. The molecule has 0 aromatic heterocycles. The van der Waals surface area contributed by atoms with Gasteiger partial charge in [-0.15, -0.1) is 0 Å². The average molecular weight is 362 g/mol. The summed E-state index contributed by atoms with van der Waals surface area (Å²) in [4.78, 5) is 24.4. The van der Waals surface area contributed by atoms with Crippen LogP contribution in [0.15, 0.2) is 24.3 Å². The van der Waals surface area contributed by atoms with Gasteiger partial charge >= 0.3 is 0 Å². The van der Waals surface area contributed by atoms with Crippen LogP contribution in [0.5, 0.6) is 0 Å². The fourth-order valence-corrected chi connectivity index (χ4v) is 3.51. The SMILES string of the molecule is CCCCCNC(=O)C1CCC(C(=O)NCCc2ccccc2F)CC1. The van der Waals surface area contributed by atoms with Crippen LogP contribution < -0.4 is 10.6 Å². The Bertz CT molecular complexity index is 583. The number of carbonyl (C=O) groups excluding carboxylic acids is 2. The van der Waals surface area contributed by atoms with Crippen LogP contribution in [0.3, 0.4) is 0 Å². The van der Waals surface area contributed by atoms with E-state index in [1.165, 1.54) is 6.07 Å². The summed E-state index contributed by atoms with van der Waals surface area (Å²) < 4.78 is 13.6. The number of unbranched alkanes of at least 4 members (excludes halogenated alkanes) is 2. The van der Waals surface area contributed by atoms with Crippen molar-refractivity contribution in [3.63, 3.8) is 0 Å². The van der Waals surface area contributed by atoms with Crippen LogP contribution in [0.4, 0.5) is 4.39 Å². The smallest absolute Gasteiger partial charge is 0.223 e. The molecule has 2 rings (SSSR count). The molecule has 1 saturated carbocycles. The van der Waals surface area contributed by atoms with Crippen LogP contribution >= 0.6 is 0 Å². The van der Waals surface area contributed by atoms with E-state index < -0.39 is 0 Å². The van der Waals surface area contributed by atoms with Crippen molar-refractivity contribution in [3.05, 3.63) is 35.6 Å². The molecule has 0 aliphatic heterocycles.